The number of ether oxygens (including phenoxy) is 2. The molecule has 0 aromatic heterocycles. The van der Waals surface area contributed by atoms with Gasteiger partial charge in [0.15, 0.2) is 11.9 Å². The van der Waals surface area contributed by atoms with Gasteiger partial charge in [-0.2, -0.15) is 0 Å². The third kappa shape index (κ3) is 11.7. The summed E-state index contributed by atoms with van der Waals surface area (Å²) in [6.07, 6.45) is 19.9. The monoisotopic (exact) mass is 648 g/mol. The highest BCUT2D eigenvalue weighted by Crippen LogP contribution is 2.41. The molecule has 7 nitrogen and oxygen atoms in total. The fourth-order valence-electron chi connectivity index (χ4n) is 5.12. The summed E-state index contributed by atoms with van der Waals surface area (Å²) in [4.78, 5) is 38.3. The Morgan fingerprint density at radius 3 is 2.12 bits per heavy atom. The van der Waals surface area contributed by atoms with E-state index in [1.807, 2.05) is 76.3 Å². The lowest BCUT2D eigenvalue weighted by Crippen LogP contribution is -2.39. The molecule has 1 aliphatic rings. The van der Waals surface area contributed by atoms with Gasteiger partial charge in [0.2, 0.25) is 0 Å². The minimum absolute atomic E-state index is 0.0418. The second-order valence-corrected chi connectivity index (χ2v) is 12.3. The predicted octanol–water partition coefficient (Wildman–Crippen LogP) is 8.93. The number of hydrogen-bond donors (Lipinski definition) is 2. The van der Waals surface area contributed by atoms with E-state index in [1.54, 1.807) is 49.4 Å². The Morgan fingerprint density at radius 2 is 1.46 bits per heavy atom. The van der Waals surface area contributed by atoms with Gasteiger partial charge >= 0.3 is 11.9 Å². The summed E-state index contributed by atoms with van der Waals surface area (Å²) in [7, 11) is 0. The molecule has 48 heavy (non-hydrogen) atoms. The third-order valence-electron chi connectivity index (χ3n) is 7.64. The van der Waals surface area contributed by atoms with E-state index in [1.165, 1.54) is 18.2 Å². The number of esters is 2. The number of allylic oxidation sites excluding steroid dienone is 12. The number of phenols is 2. The highest BCUT2D eigenvalue weighted by atomic mass is 16.6. The van der Waals surface area contributed by atoms with Gasteiger partial charge in [0.05, 0.1) is 12.8 Å². The highest BCUT2D eigenvalue weighted by Gasteiger charge is 2.39. The summed E-state index contributed by atoms with van der Waals surface area (Å²) in [5.41, 5.74) is 4.57. The fraction of sp³-hybridized carbons (Fsp3) is 0.244. The topological polar surface area (TPSA) is 110 Å². The Balaban J connectivity index is 1.52. The van der Waals surface area contributed by atoms with E-state index in [2.05, 4.69) is 6.58 Å². The lowest BCUT2D eigenvalue weighted by atomic mass is 9.71. The average molecular weight is 649 g/mol. The van der Waals surface area contributed by atoms with Gasteiger partial charge in [-0.25, -0.2) is 0 Å². The number of aromatic hydroxyl groups is 2. The summed E-state index contributed by atoms with van der Waals surface area (Å²) < 4.78 is 10.9. The lowest BCUT2D eigenvalue weighted by Gasteiger charge is -2.36. The molecule has 0 saturated carbocycles. The Hall–Kier alpha value is -5.43. The second kappa shape index (κ2) is 17.5. The van der Waals surface area contributed by atoms with Crippen LogP contribution in [-0.4, -0.2) is 34.0 Å². The van der Waals surface area contributed by atoms with Gasteiger partial charge < -0.3 is 19.7 Å². The maximum absolute atomic E-state index is 13.2. The van der Waals surface area contributed by atoms with Gasteiger partial charge in [0.25, 0.3) is 0 Å². The van der Waals surface area contributed by atoms with Crippen LogP contribution in [0.5, 0.6) is 17.2 Å². The van der Waals surface area contributed by atoms with Crippen molar-refractivity contribution in [2.24, 2.45) is 5.41 Å². The highest BCUT2D eigenvalue weighted by molar-refractivity contribution is 6.01. The van der Waals surface area contributed by atoms with E-state index in [4.69, 9.17) is 9.47 Å². The van der Waals surface area contributed by atoms with Crippen LogP contribution in [0.2, 0.25) is 0 Å². The normalized spacial score (nSPS) is 17.2. The quantitative estimate of drug-likeness (QED) is 0.0966. The van der Waals surface area contributed by atoms with Gasteiger partial charge in [-0.1, -0.05) is 111 Å². The molecule has 1 atom stereocenters. The molecule has 0 heterocycles. The van der Waals surface area contributed by atoms with Crippen molar-refractivity contribution >= 4 is 29.9 Å². The summed E-state index contributed by atoms with van der Waals surface area (Å²) in [6, 6.07) is 11.0. The number of carbonyl (C=O) groups excluding carboxylic acids is 3. The van der Waals surface area contributed by atoms with Crippen molar-refractivity contribution < 1.29 is 34.1 Å². The maximum Gasteiger partial charge on any atom is 0.311 e. The zero-order valence-electron chi connectivity index (χ0n) is 28.2. The molecule has 1 unspecified atom stereocenters. The number of Topliss-reactive ketones (excluding diaryl/α,β-unsaturated/α-hetero) is 1. The van der Waals surface area contributed by atoms with Crippen LogP contribution >= 0.6 is 0 Å². The smallest absolute Gasteiger partial charge is 0.311 e. The molecule has 7 heteroatoms. The lowest BCUT2D eigenvalue weighted by molar-refractivity contribution is -0.157. The summed E-state index contributed by atoms with van der Waals surface area (Å²) in [5.74, 6) is -1.25. The van der Waals surface area contributed by atoms with Crippen LogP contribution in [0.4, 0.5) is 0 Å². The SMILES string of the molecule is C=C/C=C/C=C(C)/C=C/C=C(C)/C=C/C1=C(C)C(=O)C(OC(=O)CCC(=O)Oc2ccc(/C=C/c3cc(O)cc(O)c3)cc2)CC1(C)C. The van der Waals surface area contributed by atoms with Crippen LogP contribution in [0.25, 0.3) is 12.2 Å². The Labute approximate surface area is 283 Å². The Morgan fingerprint density at radius 1 is 0.854 bits per heavy atom. The van der Waals surface area contributed by atoms with Crippen molar-refractivity contribution in [2.45, 2.75) is 60.0 Å². The number of rotatable bonds is 13. The van der Waals surface area contributed by atoms with Crippen molar-refractivity contribution in [3.05, 3.63) is 137 Å². The van der Waals surface area contributed by atoms with E-state index in [0.717, 1.165) is 22.3 Å². The van der Waals surface area contributed by atoms with Crippen molar-refractivity contribution in [1.82, 2.24) is 0 Å². The number of benzene rings is 2. The summed E-state index contributed by atoms with van der Waals surface area (Å²) in [5, 5.41) is 19.2. The predicted molar refractivity (Wildman–Crippen MR) is 191 cm³/mol. The van der Waals surface area contributed by atoms with E-state index in [0.29, 0.717) is 23.3 Å². The molecule has 1 aliphatic carbocycles. The summed E-state index contributed by atoms with van der Waals surface area (Å²) >= 11 is 0. The molecule has 0 radical (unpaired) electrons. The molecule has 2 aromatic rings. The van der Waals surface area contributed by atoms with Crippen molar-refractivity contribution in [2.75, 3.05) is 0 Å². The first-order valence-corrected chi connectivity index (χ1v) is 15.7. The molecule has 0 saturated heterocycles. The van der Waals surface area contributed by atoms with Crippen molar-refractivity contribution in [3.63, 3.8) is 0 Å². The van der Waals surface area contributed by atoms with Gasteiger partial charge in [0, 0.05) is 12.5 Å². The third-order valence-corrected chi connectivity index (χ3v) is 7.64. The van der Waals surface area contributed by atoms with E-state index in [9.17, 15) is 24.6 Å². The molecule has 0 spiro atoms. The first-order valence-electron chi connectivity index (χ1n) is 15.7. The molecule has 3 rings (SSSR count). The summed E-state index contributed by atoms with van der Waals surface area (Å²) in [6.45, 7) is 13.4. The van der Waals surface area contributed by atoms with Gasteiger partial charge in [-0.3, -0.25) is 14.4 Å². The second-order valence-electron chi connectivity index (χ2n) is 12.3. The minimum Gasteiger partial charge on any atom is -0.508 e. The zero-order chi connectivity index (χ0) is 35.3. The minimum atomic E-state index is -0.922. The molecular formula is C41H44O7. The first kappa shape index (κ1) is 37.0. The van der Waals surface area contributed by atoms with Crippen LogP contribution in [0, 0.1) is 5.41 Å². The molecule has 0 aliphatic heterocycles. The van der Waals surface area contributed by atoms with Crippen molar-refractivity contribution in [1.29, 1.82) is 0 Å². The van der Waals surface area contributed by atoms with Gasteiger partial charge in [-0.15, -0.1) is 0 Å². The number of carbonyl (C=O) groups is 3. The first-order chi connectivity index (χ1) is 22.8. The number of phenolic OH excluding ortho intramolecular Hbond substituents is 2. The fourth-order valence-corrected chi connectivity index (χ4v) is 5.12. The molecule has 0 bridgehead atoms. The number of hydrogen-bond acceptors (Lipinski definition) is 7. The van der Waals surface area contributed by atoms with Crippen LogP contribution in [0.3, 0.4) is 0 Å². The van der Waals surface area contributed by atoms with Crippen LogP contribution in [-0.2, 0) is 19.1 Å². The van der Waals surface area contributed by atoms with Gasteiger partial charge in [0.1, 0.15) is 17.2 Å². The van der Waals surface area contributed by atoms with Gasteiger partial charge in [-0.05, 0) is 72.7 Å². The largest absolute Gasteiger partial charge is 0.508 e. The van der Waals surface area contributed by atoms with E-state index < -0.39 is 23.5 Å². The maximum atomic E-state index is 13.2. The standard InChI is InChI=1S/C41H44O7/c1-7-8-9-11-28(2)12-10-13-29(3)14-21-36-30(4)40(46)37(27-41(36,5)6)48-39(45)23-22-38(44)47-35-19-17-31(18-20-35)15-16-32-24-33(42)26-34(43)25-32/h7-21,24-26,37,42-43H,1,22-23,27H2,2-6H3/b9-8+,12-10+,16-15+,21-14+,28-11+,29-13+. The van der Waals surface area contributed by atoms with Crippen molar-refractivity contribution in [3.8, 4) is 17.2 Å². The van der Waals surface area contributed by atoms with E-state index in [-0.39, 0.29) is 30.1 Å². The Bertz CT molecular complexity index is 1700. The molecule has 250 valence electrons. The molecule has 0 fully saturated rings. The Kier molecular flexibility index (Phi) is 13.5. The van der Waals surface area contributed by atoms with E-state index >= 15 is 0 Å². The zero-order valence-corrected chi connectivity index (χ0v) is 28.2. The number of ketones is 1. The van der Waals surface area contributed by atoms with Crippen LogP contribution < -0.4 is 4.74 Å². The molecule has 0 amide bonds. The van der Waals surface area contributed by atoms with Crippen LogP contribution in [0.1, 0.15) is 65.0 Å². The molecular weight excluding hydrogens is 604 g/mol. The van der Waals surface area contributed by atoms with Crippen LogP contribution in [0.15, 0.2) is 126 Å². The molecule has 2 aromatic carbocycles. The average Bonchev–Trinajstić information content (AvgIpc) is 3.01. The molecule has 2 N–H and O–H groups in total.